The minimum atomic E-state index is -0.416. The first-order valence-electron chi connectivity index (χ1n) is 6.94. The number of amides is 1. The smallest absolute Gasteiger partial charge is 0.240 e. The second kappa shape index (κ2) is 6.99. The van der Waals surface area contributed by atoms with E-state index < -0.39 is 6.04 Å². The molecule has 0 saturated heterocycles. The van der Waals surface area contributed by atoms with Crippen molar-refractivity contribution < 1.29 is 9.90 Å². The van der Waals surface area contributed by atoms with Crippen LogP contribution in [0, 0.1) is 0 Å². The van der Waals surface area contributed by atoms with Gasteiger partial charge in [-0.15, -0.1) is 0 Å². The van der Waals surface area contributed by atoms with E-state index in [2.05, 4.69) is 0 Å². The Morgan fingerprint density at radius 1 is 1.55 bits per heavy atom. The highest BCUT2D eigenvalue weighted by Crippen LogP contribution is 2.29. The van der Waals surface area contributed by atoms with Gasteiger partial charge in [0.15, 0.2) is 0 Å². The average Bonchev–Trinajstić information content (AvgIpc) is 3.26. The molecule has 0 aliphatic heterocycles. The van der Waals surface area contributed by atoms with Crippen molar-refractivity contribution in [2.75, 3.05) is 12.0 Å². The van der Waals surface area contributed by atoms with E-state index in [1.54, 1.807) is 30.0 Å². The SMILES string of the molecule is CSCC[C@H](N)C(=O)N(Cc1cccc(O)c1)C1CC1. The molecule has 1 aliphatic carbocycles. The van der Waals surface area contributed by atoms with E-state index in [1.165, 1.54) is 0 Å². The quantitative estimate of drug-likeness (QED) is 0.807. The van der Waals surface area contributed by atoms with Gasteiger partial charge < -0.3 is 15.7 Å². The molecule has 0 aromatic heterocycles. The lowest BCUT2D eigenvalue weighted by atomic mass is 10.1. The van der Waals surface area contributed by atoms with Gasteiger partial charge in [-0.25, -0.2) is 0 Å². The summed E-state index contributed by atoms with van der Waals surface area (Å²) in [5, 5.41) is 9.51. The zero-order valence-electron chi connectivity index (χ0n) is 11.8. The standard InChI is InChI=1S/C15H22N2O2S/c1-20-8-7-14(16)15(19)17(12-5-6-12)10-11-3-2-4-13(18)9-11/h2-4,9,12,14,18H,5-8,10,16H2,1H3/t14-/m0/s1. The number of nitrogens with two attached hydrogens (primary N) is 1. The van der Waals surface area contributed by atoms with Crippen LogP contribution in [0.15, 0.2) is 24.3 Å². The summed E-state index contributed by atoms with van der Waals surface area (Å²) < 4.78 is 0. The highest BCUT2D eigenvalue weighted by atomic mass is 32.2. The fourth-order valence-electron chi connectivity index (χ4n) is 2.21. The second-order valence-corrected chi connectivity index (χ2v) is 6.24. The van der Waals surface area contributed by atoms with Crippen molar-refractivity contribution in [2.24, 2.45) is 5.73 Å². The molecule has 3 N–H and O–H groups in total. The largest absolute Gasteiger partial charge is 0.508 e. The molecule has 1 aromatic carbocycles. The third-order valence-electron chi connectivity index (χ3n) is 3.48. The second-order valence-electron chi connectivity index (χ2n) is 5.26. The highest BCUT2D eigenvalue weighted by molar-refractivity contribution is 7.98. The van der Waals surface area contributed by atoms with Crippen molar-refractivity contribution >= 4 is 17.7 Å². The lowest BCUT2D eigenvalue weighted by Crippen LogP contribution is -2.44. The molecule has 0 radical (unpaired) electrons. The van der Waals surface area contributed by atoms with Gasteiger partial charge in [-0.3, -0.25) is 4.79 Å². The molecule has 4 nitrogen and oxygen atoms in total. The van der Waals surface area contributed by atoms with Gasteiger partial charge in [0, 0.05) is 12.6 Å². The van der Waals surface area contributed by atoms with Crippen LogP contribution in [-0.2, 0) is 11.3 Å². The van der Waals surface area contributed by atoms with Gasteiger partial charge in [0.05, 0.1) is 6.04 Å². The van der Waals surface area contributed by atoms with Crippen molar-refractivity contribution in [1.82, 2.24) is 4.90 Å². The summed E-state index contributed by atoms with van der Waals surface area (Å²) in [7, 11) is 0. The number of aromatic hydroxyl groups is 1. The first kappa shape index (κ1) is 15.2. The van der Waals surface area contributed by atoms with Crippen LogP contribution >= 0.6 is 11.8 Å². The van der Waals surface area contributed by atoms with Crippen molar-refractivity contribution in [3.63, 3.8) is 0 Å². The molecule has 1 fully saturated rings. The monoisotopic (exact) mass is 294 g/mol. The summed E-state index contributed by atoms with van der Waals surface area (Å²) in [6.07, 6.45) is 4.84. The summed E-state index contributed by atoms with van der Waals surface area (Å²) in [5.74, 6) is 1.17. The summed E-state index contributed by atoms with van der Waals surface area (Å²) in [6.45, 7) is 0.533. The van der Waals surface area contributed by atoms with Crippen molar-refractivity contribution in [3.8, 4) is 5.75 Å². The number of hydrogen-bond acceptors (Lipinski definition) is 4. The van der Waals surface area contributed by atoms with E-state index in [9.17, 15) is 9.90 Å². The van der Waals surface area contributed by atoms with Gasteiger partial charge >= 0.3 is 0 Å². The van der Waals surface area contributed by atoms with Crippen molar-refractivity contribution in [1.29, 1.82) is 0 Å². The molecule has 5 heteroatoms. The minimum Gasteiger partial charge on any atom is -0.508 e. The molecule has 0 heterocycles. The number of rotatable bonds is 7. The van der Waals surface area contributed by atoms with Crippen LogP contribution < -0.4 is 5.73 Å². The number of nitrogens with zero attached hydrogens (tertiary/aromatic N) is 1. The summed E-state index contributed by atoms with van der Waals surface area (Å²) in [6, 6.07) is 6.97. The number of thioether (sulfide) groups is 1. The van der Waals surface area contributed by atoms with E-state index in [4.69, 9.17) is 5.73 Å². The number of benzene rings is 1. The Bertz CT molecular complexity index is 463. The van der Waals surface area contributed by atoms with Crippen molar-refractivity contribution in [3.05, 3.63) is 29.8 Å². The third kappa shape index (κ3) is 4.15. The summed E-state index contributed by atoms with van der Waals surface area (Å²) in [5.41, 5.74) is 6.95. The molecule has 110 valence electrons. The maximum Gasteiger partial charge on any atom is 0.240 e. The minimum absolute atomic E-state index is 0.0323. The Morgan fingerprint density at radius 2 is 2.30 bits per heavy atom. The number of hydrogen-bond donors (Lipinski definition) is 2. The Kier molecular flexibility index (Phi) is 5.31. The van der Waals surface area contributed by atoms with E-state index >= 15 is 0 Å². The molecular formula is C15H22N2O2S. The van der Waals surface area contributed by atoms with Gasteiger partial charge in [-0.2, -0.15) is 11.8 Å². The maximum atomic E-state index is 12.4. The fourth-order valence-corrected chi connectivity index (χ4v) is 2.70. The van der Waals surface area contributed by atoms with E-state index in [1.807, 2.05) is 17.2 Å². The lowest BCUT2D eigenvalue weighted by molar-refractivity contribution is -0.133. The first-order chi connectivity index (χ1) is 9.61. The molecule has 2 rings (SSSR count). The van der Waals surface area contributed by atoms with Crippen LogP contribution in [0.25, 0.3) is 0 Å². The topological polar surface area (TPSA) is 66.6 Å². The van der Waals surface area contributed by atoms with Gasteiger partial charge in [-0.05, 0) is 49.0 Å². The molecule has 0 unspecified atom stereocenters. The van der Waals surface area contributed by atoms with Gasteiger partial charge in [-0.1, -0.05) is 12.1 Å². The lowest BCUT2D eigenvalue weighted by Gasteiger charge is -2.26. The zero-order chi connectivity index (χ0) is 14.5. The Balaban J connectivity index is 2.01. The number of phenolic OH excluding ortho intramolecular Hbond substituents is 1. The normalized spacial score (nSPS) is 15.9. The Morgan fingerprint density at radius 3 is 2.90 bits per heavy atom. The van der Waals surface area contributed by atoms with Crippen LogP contribution in [0.3, 0.4) is 0 Å². The van der Waals surface area contributed by atoms with E-state index in [-0.39, 0.29) is 11.7 Å². The number of carbonyl (C=O) groups excluding carboxylic acids is 1. The number of phenols is 1. The maximum absolute atomic E-state index is 12.4. The molecular weight excluding hydrogens is 272 g/mol. The molecule has 0 spiro atoms. The number of carbonyl (C=O) groups is 1. The molecule has 1 atom stereocenters. The van der Waals surface area contributed by atoms with Gasteiger partial charge in [0.2, 0.25) is 5.91 Å². The Labute approximate surface area is 124 Å². The van der Waals surface area contributed by atoms with Crippen LogP contribution in [0.2, 0.25) is 0 Å². The molecule has 1 amide bonds. The van der Waals surface area contributed by atoms with E-state index in [0.29, 0.717) is 19.0 Å². The molecule has 20 heavy (non-hydrogen) atoms. The predicted octanol–water partition coefficient (Wildman–Crippen LogP) is 1.96. The molecule has 0 bridgehead atoms. The predicted molar refractivity (Wildman–Crippen MR) is 82.7 cm³/mol. The van der Waals surface area contributed by atoms with Gasteiger partial charge in [0.1, 0.15) is 5.75 Å². The summed E-state index contributed by atoms with van der Waals surface area (Å²) in [4.78, 5) is 14.3. The van der Waals surface area contributed by atoms with Crippen molar-refractivity contribution in [2.45, 2.75) is 37.9 Å². The first-order valence-corrected chi connectivity index (χ1v) is 8.34. The molecule has 1 aliphatic rings. The van der Waals surface area contributed by atoms with E-state index in [0.717, 1.165) is 24.2 Å². The Hall–Kier alpha value is -1.20. The van der Waals surface area contributed by atoms with Crippen LogP contribution in [0.4, 0.5) is 0 Å². The zero-order valence-corrected chi connectivity index (χ0v) is 12.6. The average molecular weight is 294 g/mol. The fraction of sp³-hybridized carbons (Fsp3) is 0.533. The summed E-state index contributed by atoms with van der Waals surface area (Å²) >= 11 is 1.71. The van der Waals surface area contributed by atoms with Crippen LogP contribution in [-0.4, -0.2) is 40.0 Å². The van der Waals surface area contributed by atoms with Crippen LogP contribution in [0.1, 0.15) is 24.8 Å². The highest BCUT2D eigenvalue weighted by Gasteiger charge is 2.34. The third-order valence-corrected chi connectivity index (χ3v) is 4.13. The van der Waals surface area contributed by atoms with Crippen LogP contribution in [0.5, 0.6) is 5.75 Å². The molecule has 1 aromatic rings. The van der Waals surface area contributed by atoms with Gasteiger partial charge in [0.25, 0.3) is 0 Å². The molecule has 1 saturated carbocycles.